The third kappa shape index (κ3) is 5.23. The Morgan fingerprint density at radius 1 is 1.21 bits per heavy atom. The van der Waals surface area contributed by atoms with Gasteiger partial charge in [0.05, 0.1) is 0 Å². The first-order chi connectivity index (χ1) is 13.2. The largest absolute Gasteiger partial charge is 0.341 e. The van der Waals surface area contributed by atoms with Gasteiger partial charge in [0.25, 0.3) is 5.91 Å². The van der Waals surface area contributed by atoms with Crippen molar-refractivity contribution in [2.24, 2.45) is 17.3 Å². The Labute approximate surface area is 180 Å². The van der Waals surface area contributed by atoms with Crippen molar-refractivity contribution in [1.82, 2.24) is 20.4 Å². The number of carbonyl (C=O) groups excluding carboxylic acids is 3. The number of imide groups is 1. The standard InChI is InChI=1S/C21H36N4O3.ClH/c1-15-11-20(2,3)14-21(12-15)18(27)25(19(28)23-21)13-17(26)24-9-6-16(7-10-24)5-8-22-4;/h15-16,22H,5-14H2,1-4H3,(H,23,28);1H. The predicted octanol–water partition coefficient (Wildman–Crippen LogP) is 2.39. The lowest BCUT2D eigenvalue weighted by atomic mass is 9.64. The molecule has 3 fully saturated rings. The van der Waals surface area contributed by atoms with Crippen molar-refractivity contribution in [1.29, 1.82) is 0 Å². The third-order valence-electron chi connectivity index (χ3n) is 6.69. The highest BCUT2D eigenvalue weighted by Gasteiger charge is 2.56. The molecule has 0 aromatic heterocycles. The summed E-state index contributed by atoms with van der Waals surface area (Å²) in [5.41, 5.74) is -0.839. The molecule has 2 unspecified atom stereocenters. The molecule has 1 saturated carbocycles. The summed E-state index contributed by atoms with van der Waals surface area (Å²) in [5.74, 6) is 0.674. The molecule has 2 N–H and O–H groups in total. The number of nitrogens with zero attached hydrogens (tertiary/aromatic N) is 2. The first kappa shape index (κ1) is 23.9. The van der Waals surface area contributed by atoms with Crippen LogP contribution in [0.15, 0.2) is 0 Å². The number of hydrogen-bond acceptors (Lipinski definition) is 4. The van der Waals surface area contributed by atoms with Crippen LogP contribution in [0, 0.1) is 17.3 Å². The molecule has 29 heavy (non-hydrogen) atoms. The molecule has 0 radical (unpaired) electrons. The zero-order valence-electron chi connectivity index (χ0n) is 18.3. The van der Waals surface area contributed by atoms with Crippen LogP contribution in [0.4, 0.5) is 4.79 Å². The van der Waals surface area contributed by atoms with Gasteiger partial charge in [-0.2, -0.15) is 0 Å². The van der Waals surface area contributed by atoms with Gasteiger partial charge in [-0.25, -0.2) is 4.79 Å². The summed E-state index contributed by atoms with van der Waals surface area (Å²) < 4.78 is 0. The summed E-state index contributed by atoms with van der Waals surface area (Å²) in [4.78, 5) is 41.5. The molecule has 2 aliphatic heterocycles. The van der Waals surface area contributed by atoms with E-state index in [1.165, 1.54) is 0 Å². The van der Waals surface area contributed by atoms with Gasteiger partial charge in [0, 0.05) is 13.1 Å². The maximum atomic E-state index is 13.2. The van der Waals surface area contributed by atoms with Crippen LogP contribution in [-0.4, -0.2) is 66.4 Å². The fraction of sp³-hybridized carbons (Fsp3) is 0.857. The van der Waals surface area contributed by atoms with E-state index in [1.54, 1.807) is 0 Å². The van der Waals surface area contributed by atoms with Gasteiger partial charge in [-0.05, 0) is 69.4 Å². The monoisotopic (exact) mass is 428 g/mol. The minimum absolute atomic E-state index is 0. The Morgan fingerprint density at radius 2 is 1.86 bits per heavy atom. The number of carbonyl (C=O) groups is 3. The molecule has 3 rings (SSSR count). The molecule has 4 amide bonds. The zero-order chi connectivity index (χ0) is 20.5. The molecule has 8 heteroatoms. The normalized spacial score (nSPS) is 29.7. The van der Waals surface area contributed by atoms with Crippen LogP contribution in [0.25, 0.3) is 0 Å². The van der Waals surface area contributed by atoms with E-state index in [2.05, 4.69) is 31.4 Å². The highest BCUT2D eigenvalue weighted by atomic mass is 35.5. The van der Waals surface area contributed by atoms with Crippen LogP contribution < -0.4 is 10.6 Å². The third-order valence-corrected chi connectivity index (χ3v) is 6.69. The van der Waals surface area contributed by atoms with E-state index in [4.69, 9.17) is 0 Å². The minimum atomic E-state index is -0.835. The summed E-state index contributed by atoms with van der Waals surface area (Å²) in [5, 5.41) is 6.13. The van der Waals surface area contributed by atoms with Crippen molar-refractivity contribution in [3.63, 3.8) is 0 Å². The Hall–Kier alpha value is -1.34. The van der Waals surface area contributed by atoms with Crippen LogP contribution in [0.2, 0.25) is 0 Å². The average Bonchev–Trinajstić information content (AvgIpc) is 2.82. The molecule has 166 valence electrons. The molecule has 1 spiro atoms. The Bertz CT molecular complexity index is 633. The summed E-state index contributed by atoms with van der Waals surface area (Å²) in [7, 11) is 1.96. The number of amides is 4. The molecule has 2 heterocycles. The second-order valence-electron chi connectivity index (χ2n) is 9.97. The average molecular weight is 429 g/mol. The molecule has 2 saturated heterocycles. The van der Waals surface area contributed by atoms with Crippen molar-refractivity contribution < 1.29 is 14.4 Å². The van der Waals surface area contributed by atoms with Crippen LogP contribution in [0.5, 0.6) is 0 Å². The second-order valence-corrected chi connectivity index (χ2v) is 9.97. The van der Waals surface area contributed by atoms with Gasteiger partial charge in [-0.1, -0.05) is 20.8 Å². The number of halogens is 1. The van der Waals surface area contributed by atoms with Crippen LogP contribution >= 0.6 is 12.4 Å². The molecule has 0 bridgehead atoms. The van der Waals surface area contributed by atoms with Gasteiger partial charge in [0.15, 0.2) is 0 Å². The van der Waals surface area contributed by atoms with E-state index >= 15 is 0 Å². The molecule has 0 aromatic rings. The molecule has 2 atom stereocenters. The number of urea groups is 1. The van der Waals surface area contributed by atoms with Gasteiger partial charge in [-0.15, -0.1) is 12.4 Å². The van der Waals surface area contributed by atoms with Crippen molar-refractivity contribution >= 4 is 30.3 Å². The van der Waals surface area contributed by atoms with E-state index in [9.17, 15) is 14.4 Å². The maximum Gasteiger partial charge on any atom is 0.325 e. The fourth-order valence-electron chi connectivity index (χ4n) is 5.70. The lowest BCUT2D eigenvalue weighted by Gasteiger charge is -2.43. The Morgan fingerprint density at radius 3 is 2.45 bits per heavy atom. The quantitative estimate of drug-likeness (QED) is 0.659. The van der Waals surface area contributed by atoms with Gasteiger partial charge < -0.3 is 15.5 Å². The first-order valence-electron chi connectivity index (χ1n) is 10.7. The lowest BCUT2D eigenvalue weighted by molar-refractivity contribution is -0.141. The number of hydrogen-bond donors (Lipinski definition) is 2. The SMILES string of the molecule is CNCCC1CCN(C(=O)CN2C(=O)NC3(CC(C)CC(C)(C)C3)C2=O)CC1.Cl. The number of nitrogens with one attached hydrogen (secondary N) is 2. The summed E-state index contributed by atoms with van der Waals surface area (Å²) in [6.45, 7) is 8.72. The molecular weight excluding hydrogens is 392 g/mol. The van der Waals surface area contributed by atoms with Crippen molar-refractivity contribution in [3.8, 4) is 0 Å². The van der Waals surface area contributed by atoms with Gasteiger partial charge in [-0.3, -0.25) is 14.5 Å². The van der Waals surface area contributed by atoms with E-state index < -0.39 is 11.6 Å². The fourth-order valence-corrected chi connectivity index (χ4v) is 5.70. The van der Waals surface area contributed by atoms with Gasteiger partial charge in [0.2, 0.25) is 5.91 Å². The Balaban J connectivity index is 0.00000300. The van der Waals surface area contributed by atoms with Crippen molar-refractivity contribution in [3.05, 3.63) is 0 Å². The van der Waals surface area contributed by atoms with Crippen molar-refractivity contribution in [2.75, 3.05) is 33.2 Å². The number of piperidine rings is 1. The van der Waals surface area contributed by atoms with Gasteiger partial charge in [0.1, 0.15) is 12.1 Å². The number of rotatable bonds is 5. The highest BCUT2D eigenvalue weighted by molar-refractivity contribution is 6.09. The minimum Gasteiger partial charge on any atom is -0.341 e. The van der Waals surface area contributed by atoms with E-state index in [0.29, 0.717) is 37.8 Å². The molecular formula is C21H37ClN4O3. The smallest absolute Gasteiger partial charge is 0.325 e. The second kappa shape index (κ2) is 9.21. The molecule has 3 aliphatic rings. The molecule has 7 nitrogen and oxygen atoms in total. The van der Waals surface area contributed by atoms with E-state index in [-0.39, 0.29) is 36.2 Å². The molecule has 0 aromatic carbocycles. The number of likely N-dealkylation sites (tertiary alicyclic amines) is 1. The molecule has 1 aliphatic carbocycles. The summed E-state index contributed by atoms with van der Waals surface area (Å²) in [6, 6.07) is -0.410. The first-order valence-corrected chi connectivity index (χ1v) is 10.7. The Kier molecular flexibility index (Phi) is 7.60. The maximum absolute atomic E-state index is 13.2. The lowest BCUT2D eigenvalue weighted by Crippen LogP contribution is -2.54. The topological polar surface area (TPSA) is 81.8 Å². The van der Waals surface area contributed by atoms with Crippen molar-refractivity contribution in [2.45, 2.75) is 64.8 Å². The van der Waals surface area contributed by atoms with Crippen LogP contribution in [0.1, 0.15) is 59.3 Å². The van der Waals surface area contributed by atoms with Crippen LogP contribution in [0.3, 0.4) is 0 Å². The van der Waals surface area contributed by atoms with Crippen LogP contribution in [-0.2, 0) is 9.59 Å². The van der Waals surface area contributed by atoms with E-state index in [0.717, 1.165) is 37.1 Å². The summed E-state index contributed by atoms with van der Waals surface area (Å²) in [6.07, 6.45) is 5.44. The van der Waals surface area contributed by atoms with Gasteiger partial charge >= 0.3 is 6.03 Å². The zero-order valence-corrected chi connectivity index (χ0v) is 19.1. The van der Waals surface area contributed by atoms with E-state index in [1.807, 2.05) is 11.9 Å². The predicted molar refractivity (Wildman–Crippen MR) is 115 cm³/mol. The summed E-state index contributed by atoms with van der Waals surface area (Å²) >= 11 is 0. The highest BCUT2D eigenvalue weighted by Crippen LogP contribution is 2.46.